The Hall–Kier alpha value is -3.67. The lowest BCUT2D eigenvalue weighted by atomic mass is 10.1. The maximum Gasteiger partial charge on any atom is 0.387 e. The number of hydrogen-bond acceptors (Lipinski definition) is 8. The highest BCUT2D eigenvalue weighted by Gasteiger charge is 2.12. The summed E-state index contributed by atoms with van der Waals surface area (Å²) in [6.45, 7) is -6.27. The predicted octanol–water partition coefficient (Wildman–Crippen LogP) is 4.92. The third-order valence-electron chi connectivity index (χ3n) is 4.09. The molecule has 0 amide bonds. The van der Waals surface area contributed by atoms with Crippen LogP contribution >= 0.6 is 11.8 Å². The van der Waals surface area contributed by atoms with E-state index in [9.17, 15) is 27.2 Å². The van der Waals surface area contributed by atoms with Gasteiger partial charge in [0, 0.05) is 23.4 Å². The molecule has 0 aliphatic rings. The highest BCUT2D eigenvalue weighted by molar-refractivity contribution is 7.99. The summed E-state index contributed by atoms with van der Waals surface area (Å²) in [6.07, 6.45) is 1.40. The third kappa shape index (κ3) is 7.73. The van der Waals surface area contributed by atoms with Crippen LogP contribution in [0, 0.1) is 0 Å². The van der Waals surface area contributed by atoms with Crippen molar-refractivity contribution in [1.82, 2.24) is 9.97 Å². The van der Waals surface area contributed by atoms with Crippen LogP contribution in [0.4, 0.5) is 17.6 Å². The lowest BCUT2D eigenvalue weighted by Crippen LogP contribution is -2.12. The summed E-state index contributed by atoms with van der Waals surface area (Å²) in [5.74, 6) is -0.741. The van der Waals surface area contributed by atoms with Gasteiger partial charge in [0.1, 0.15) is 11.5 Å². The van der Waals surface area contributed by atoms with Gasteiger partial charge in [-0.3, -0.25) is 9.59 Å². The summed E-state index contributed by atoms with van der Waals surface area (Å²) in [4.78, 5) is 32.7. The van der Waals surface area contributed by atoms with Crippen LogP contribution in [0.15, 0.2) is 66.0 Å². The van der Waals surface area contributed by atoms with Gasteiger partial charge in [-0.15, -0.1) is 0 Å². The van der Waals surface area contributed by atoms with Crippen LogP contribution < -0.4 is 14.2 Å². The number of carbonyl (C=O) groups excluding carboxylic acids is 2. The largest absolute Gasteiger partial charge is 0.469 e. The van der Waals surface area contributed by atoms with Crippen LogP contribution in [0.25, 0.3) is 0 Å². The molecule has 0 saturated carbocycles. The number of halogens is 4. The summed E-state index contributed by atoms with van der Waals surface area (Å²) in [5, 5.41) is 0.226. The van der Waals surface area contributed by atoms with E-state index in [4.69, 9.17) is 4.74 Å². The van der Waals surface area contributed by atoms with E-state index in [0.29, 0.717) is 5.56 Å². The quantitative estimate of drug-likeness (QED) is 0.151. The molecule has 7 nitrogen and oxygen atoms in total. The van der Waals surface area contributed by atoms with Crippen molar-refractivity contribution in [3.05, 3.63) is 71.9 Å². The number of ketones is 2. The number of alkyl halides is 4. The molecule has 3 aromatic rings. The van der Waals surface area contributed by atoms with E-state index < -0.39 is 19.0 Å². The molecule has 0 fully saturated rings. The van der Waals surface area contributed by atoms with Gasteiger partial charge in [-0.2, -0.15) is 22.5 Å². The van der Waals surface area contributed by atoms with Gasteiger partial charge in [-0.1, -0.05) is 11.8 Å². The Morgan fingerprint density at radius 2 is 1.32 bits per heavy atom. The van der Waals surface area contributed by atoms with Crippen molar-refractivity contribution in [1.29, 1.82) is 0 Å². The Morgan fingerprint density at radius 3 is 1.85 bits per heavy atom. The summed E-state index contributed by atoms with van der Waals surface area (Å²) in [5.41, 5.74) is 0.540. The number of nitrogens with zero attached hydrogens (tertiary/aromatic N) is 2. The van der Waals surface area contributed by atoms with Crippen molar-refractivity contribution in [2.24, 2.45) is 0 Å². The first-order valence-corrected chi connectivity index (χ1v) is 10.5. The normalized spacial score (nSPS) is 10.9. The molecule has 0 aliphatic carbocycles. The summed E-state index contributed by atoms with van der Waals surface area (Å²) in [6, 6.07) is 11.9. The van der Waals surface area contributed by atoms with E-state index in [1.165, 1.54) is 60.8 Å². The van der Waals surface area contributed by atoms with Gasteiger partial charge in [0.2, 0.25) is 5.88 Å². The number of hydrogen-bond donors (Lipinski definition) is 0. The summed E-state index contributed by atoms with van der Waals surface area (Å²) < 4.78 is 62.6. The van der Waals surface area contributed by atoms with E-state index in [-0.39, 0.29) is 46.2 Å². The monoisotopic (exact) mass is 496 g/mol. The number of ether oxygens (including phenoxy) is 3. The molecule has 0 N–H and O–H groups in total. The van der Waals surface area contributed by atoms with E-state index in [0.717, 1.165) is 11.8 Å². The molecular formula is C22H16F4N2O5S. The number of Topliss-reactive ketones (excluding diaryl/α,β-unsaturated/α-hetero) is 2. The van der Waals surface area contributed by atoms with Crippen molar-refractivity contribution >= 4 is 23.3 Å². The fraction of sp³-hybridized carbons (Fsp3) is 0.182. The Kier molecular flexibility index (Phi) is 8.79. The van der Waals surface area contributed by atoms with Crippen molar-refractivity contribution in [3.63, 3.8) is 0 Å². The number of rotatable bonds is 12. The van der Waals surface area contributed by atoms with Gasteiger partial charge in [-0.25, -0.2) is 4.98 Å². The summed E-state index contributed by atoms with van der Waals surface area (Å²) in [7, 11) is 0. The maximum absolute atomic E-state index is 12.3. The van der Waals surface area contributed by atoms with E-state index in [1.54, 1.807) is 0 Å². The zero-order valence-corrected chi connectivity index (χ0v) is 18.0. The Bertz CT molecular complexity index is 1030. The first-order valence-electron chi connectivity index (χ1n) is 9.55. The van der Waals surface area contributed by atoms with Crippen LogP contribution in [0.5, 0.6) is 17.4 Å². The second-order valence-electron chi connectivity index (χ2n) is 6.41. The number of aromatic nitrogens is 2. The number of carbonyl (C=O) groups is 2. The van der Waals surface area contributed by atoms with Crippen molar-refractivity contribution in [2.75, 3.05) is 12.4 Å². The molecule has 0 unspecified atom stereocenters. The standard InChI is InChI=1S/C22H16F4N2O5S/c23-20(24)32-15-5-1-13(2-6-15)17(29)11-31-19-9-10-27-22(28-19)34-12-18(30)14-3-7-16(8-4-14)33-21(25)26/h1-10,20-21H,11-12H2. The van der Waals surface area contributed by atoms with E-state index in [1.807, 2.05) is 0 Å². The molecule has 0 radical (unpaired) electrons. The fourth-order valence-corrected chi connectivity index (χ4v) is 3.27. The van der Waals surface area contributed by atoms with Crippen LogP contribution in [0.1, 0.15) is 20.7 Å². The molecule has 12 heteroatoms. The topological polar surface area (TPSA) is 87.6 Å². The van der Waals surface area contributed by atoms with E-state index >= 15 is 0 Å². The van der Waals surface area contributed by atoms with Crippen molar-refractivity contribution in [2.45, 2.75) is 18.4 Å². The highest BCUT2D eigenvalue weighted by atomic mass is 32.2. The Labute approximate surface area is 195 Å². The maximum atomic E-state index is 12.3. The Balaban J connectivity index is 1.50. The minimum atomic E-state index is -2.96. The zero-order valence-electron chi connectivity index (χ0n) is 17.2. The lowest BCUT2D eigenvalue weighted by Gasteiger charge is -2.07. The molecule has 1 aromatic heterocycles. The molecule has 0 atom stereocenters. The molecule has 0 aliphatic heterocycles. The molecular weight excluding hydrogens is 480 g/mol. The van der Waals surface area contributed by atoms with E-state index in [2.05, 4.69) is 19.4 Å². The molecule has 178 valence electrons. The molecule has 0 spiro atoms. The van der Waals surface area contributed by atoms with Crippen LogP contribution in [-0.4, -0.2) is 47.1 Å². The lowest BCUT2D eigenvalue weighted by molar-refractivity contribution is -0.0505. The first-order chi connectivity index (χ1) is 16.3. The third-order valence-corrected chi connectivity index (χ3v) is 4.96. The average molecular weight is 496 g/mol. The smallest absolute Gasteiger partial charge is 0.387 e. The average Bonchev–Trinajstić information content (AvgIpc) is 2.81. The van der Waals surface area contributed by atoms with Crippen LogP contribution in [0.3, 0.4) is 0 Å². The van der Waals surface area contributed by atoms with Gasteiger partial charge < -0.3 is 14.2 Å². The number of thioether (sulfide) groups is 1. The molecule has 0 bridgehead atoms. The zero-order chi connectivity index (χ0) is 24.5. The number of benzene rings is 2. The van der Waals surface area contributed by atoms with Crippen LogP contribution in [0.2, 0.25) is 0 Å². The van der Waals surface area contributed by atoms with Crippen molar-refractivity contribution < 1.29 is 41.4 Å². The SMILES string of the molecule is O=C(COc1ccnc(SCC(=O)c2ccc(OC(F)F)cc2)n1)c1ccc(OC(F)F)cc1. The van der Waals surface area contributed by atoms with Gasteiger partial charge in [0.05, 0.1) is 5.75 Å². The molecule has 2 aromatic carbocycles. The predicted molar refractivity (Wildman–Crippen MR) is 113 cm³/mol. The fourth-order valence-electron chi connectivity index (χ4n) is 2.56. The summed E-state index contributed by atoms with van der Waals surface area (Å²) >= 11 is 1.03. The van der Waals surface area contributed by atoms with Crippen molar-refractivity contribution in [3.8, 4) is 17.4 Å². The second-order valence-corrected chi connectivity index (χ2v) is 7.35. The van der Waals surface area contributed by atoms with Gasteiger partial charge in [-0.05, 0) is 48.5 Å². The molecule has 34 heavy (non-hydrogen) atoms. The second kappa shape index (κ2) is 12.0. The Morgan fingerprint density at radius 1 is 0.794 bits per heavy atom. The van der Waals surface area contributed by atoms with Gasteiger partial charge in [0.15, 0.2) is 23.3 Å². The molecule has 1 heterocycles. The van der Waals surface area contributed by atoms with Gasteiger partial charge >= 0.3 is 13.2 Å². The van der Waals surface area contributed by atoms with Gasteiger partial charge in [0.25, 0.3) is 0 Å². The molecule has 0 saturated heterocycles. The van der Waals surface area contributed by atoms with Crippen LogP contribution in [-0.2, 0) is 0 Å². The first kappa shape index (κ1) is 25.0. The highest BCUT2D eigenvalue weighted by Crippen LogP contribution is 2.20. The molecule has 3 rings (SSSR count). The minimum absolute atomic E-state index is 0.0233. The minimum Gasteiger partial charge on any atom is -0.469 e.